The zero-order valence-electron chi connectivity index (χ0n) is 7.37. The van der Waals surface area contributed by atoms with Crippen molar-refractivity contribution in [2.75, 3.05) is 23.9 Å². The first-order chi connectivity index (χ1) is 6.27. The summed E-state index contributed by atoms with van der Waals surface area (Å²) in [4.78, 5) is 10.2. The predicted molar refractivity (Wildman–Crippen MR) is 55.6 cm³/mol. The van der Waals surface area contributed by atoms with E-state index in [1.807, 2.05) is 11.8 Å². The monoisotopic (exact) mass is 219 g/mol. The molecule has 0 saturated heterocycles. The number of rotatable bonds is 4. The highest BCUT2D eigenvalue weighted by molar-refractivity contribution is 6.30. The Kier molecular flexibility index (Phi) is 4.25. The van der Waals surface area contributed by atoms with Crippen molar-refractivity contribution in [2.45, 2.75) is 6.92 Å². The summed E-state index contributed by atoms with van der Waals surface area (Å²) in [5.74, 6) is 1.24. The molecule has 0 N–H and O–H groups in total. The fraction of sp³-hybridized carbons (Fsp3) is 0.500. The van der Waals surface area contributed by atoms with E-state index in [1.54, 1.807) is 12.4 Å². The summed E-state index contributed by atoms with van der Waals surface area (Å²) < 4.78 is 0. The largest absolute Gasteiger partial charge is 0.340 e. The Morgan fingerprint density at radius 3 is 2.46 bits per heavy atom. The molecule has 0 aliphatic heterocycles. The molecule has 0 saturated carbocycles. The Balaban J connectivity index is 2.73. The first kappa shape index (κ1) is 10.5. The Bertz CT molecular complexity index is 250. The third-order valence-electron chi connectivity index (χ3n) is 1.63. The third kappa shape index (κ3) is 3.01. The SMILES string of the molecule is CCN(CCCl)c1ncc(Cl)cn1. The van der Waals surface area contributed by atoms with Crippen LogP contribution in [0, 0.1) is 0 Å². The summed E-state index contributed by atoms with van der Waals surface area (Å²) >= 11 is 11.3. The van der Waals surface area contributed by atoms with Crippen LogP contribution in [0.4, 0.5) is 5.95 Å². The minimum Gasteiger partial charge on any atom is -0.340 e. The smallest absolute Gasteiger partial charge is 0.225 e. The first-order valence-corrected chi connectivity index (χ1v) is 4.97. The summed E-state index contributed by atoms with van der Waals surface area (Å²) in [6, 6.07) is 0. The van der Waals surface area contributed by atoms with Gasteiger partial charge >= 0.3 is 0 Å². The Labute approximate surface area is 87.7 Å². The zero-order chi connectivity index (χ0) is 9.68. The molecule has 0 fully saturated rings. The van der Waals surface area contributed by atoms with Crippen molar-refractivity contribution in [3.63, 3.8) is 0 Å². The van der Waals surface area contributed by atoms with Crippen LogP contribution in [0.25, 0.3) is 0 Å². The molecule has 5 heteroatoms. The highest BCUT2D eigenvalue weighted by Crippen LogP contribution is 2.09. The molecule has 0 unspecified atom stereocenters. The van der Waals surface area contributed by atoms with E-state index in [0.29, 0.717) is 16.9 Å². The van der Waals surface area contributed by atoms with E-state index < -0.39 is 0 Å². The molecule has 1 heterocycles. The molecule has 1 aromatic rings. The lowest BCUT2D eigenvalue weighted by Gasteiger charge is -2.18. The number of anilines is 1. The van der Waals surface area contributed by atoms with Gasteiger partial charge in [0.25, 0.3) is 0 Å². The second-order valence-corrected chi connectivity index (χ2v) is 3.28. The number of halogens is 2. The van der Waals surface area contributed by atoms with E-state index in [1.165, 1.54) is 0 Å². The van der Waals surface area contributed by atoms with Crippen LogP contribution in [0.15, 0.2) is 12.4 Å². The number of hydrogen-bond acceptors (Lipinski definition) is 3. The van der Waals surface area contributed by atoms with E-state index in [4.69, 9.17) is 23.2 Å². The van der Waals surface area contributed by atoms with E-state index in [0.717, 1.165) is 13.1 Å². The second kappa shape index (κ2) is 5.25. The number of alkyl halides is 1. The molecule has 0 aliphatic carbocycles. The average Bonchev–Trinajstić information content (AvgIpc) is 2.16. The van der Waals surface area contributed by atoms with Gasteiger partial charge in [0.05, 0.1) is 17.4 Å². The van der Waals surface area contributed by atoms with Gasteiger partial charge in [0.1, 0.15) is 0 Å². The van der Waals surface area contributed by atoms with Crippen molar-refractivity contribution in [3.05, 3.63) is 17.4 Å². The predicted octanol–water partition coefficient (Wildman–Crippen LogP) is 2.20. The van der Waals surface area contributed by atoms with Gasteiger partial charge in [-0.15, -0.1) is 11.6 Å². The highest BCUT2D eigenvalue weighted by atomic mass is 35.5. The van der Waals surface area contributed by atoms with Crippen LogP contribution in [0.1, 0.15) is 6.92 Å². The fourth-order valence-electron chi connectivity index (χ4n) is 0.970. The van der Waals surface area contributed by atoms with Crippen LogP contribution in [-0.2, 0) is 0 Å². The molecule has 0 amide bonds. The Morgan fingerprint density at radius 1 is 1.38 bits per heavy atom. The summed E-state index contributed by atoms with van der Waals surface area (Å²) in [7, 11) is 0. The van der Waals surface area contributed by atoms with E-state index in [9.17, 15) is 0 Å². The van der Waals surface area contributed by atoms with Gasteiger partial charge in [0.15, 0.2) is 0 Å². The van der Waals surface area contributed by atoms with Gasteiger partial charge < -0.3 is 4.90 Å². The van der Waals surface area contributed by atoms with Gasteiger partial charge in [-0.25, -0.2) is 9.97 Å². The lowest BCUT2D eigenvalue weighted by molar-refractivity contribution is 0.824. The lowest BCUT2D eigenvalue weighted by Crippen LogP contribution is -2.26. The molecule has 13 heavy (non-hydrogen) atoms. The maximum absolute atomic E-state index is 5.67. The summed E-state index contributed by atoms with van der Waals surface area (Å²) in [6.07, 6.45) is 3.17. The van der Waals surface area contributed by atoms with Gasteiger partial charge in [-0.2, -0.15) is 0 Å². The second-order valence-electron chi connectivity index (χ2n) is 2.47. The molecular formula is C8H11Cl2N3. The number of hydrogen-bond donors (Lipinski definition) is 0. The van der Waals surface area contributed by atoms with Gasteiger partial charge in [-0.05, 0) is 6.92 Å². The van der Waals surface area contributed by atoms with Gasteiger partial charge in [-0.1, -0.05) is 11.6 Å². The zero-order valence-corrected chi connectivity index (χ0v) is 8.89. The van der Waals surface area contributed by atoms with E-state index >= 15 is 0 Å². The van der Waals surface area contributed by atoms with Gasteiger partial charge in [0.2, 0.25) is 5.95 Å². The van der Waals surface area contributed by atoms with E-state index in [-0.39, 0.29) is 0 Å². The summed E-state index contributed by atoms with van der Waals surface area (Å²) in [5, 5.41) is 0.547. The topological polar surface area (TPSA) is 29.0 Å². The van der Waals surface area contributed by atoms with Crippen molar-refractivity contribution in [1.82, 2.24) is 9.97 Å². The standard InChI is InChI=1S/C8H11Cl2N3/c1-2-13(4-3-9)8-11-5-7(10)6-12-8/h5-6H,2-4H2,1H3. The Hall–Kier alpha value is -0.540. The summed E-state index contributed by atoms with van der Waals surface area (Å²) in [6.45, 7) is 3.62. The van der Waals surface area contributed by atoms with Crippen LogP contribution in [0.5, 0.6) is 0 Å². The lowest BCUT2D eigenvalue weighted by atomic mass is 10.5. The highest BCUT2D eigenvalue weighted by Gasteiger charge is 2.05. The molecule has 0 aromatic carbocycles. The van der Waals surface area contributed by atoms with Crippen LogP contribution in [0.3, 0.4) is 0 Å². The minimum absolute atomic E-state index is 0.547. The third-order valence-corrected chi connectivity index (χ3v) is 1.99. The molecule has 0 spiro atoms. The quantitative estimate of drug-likeness (QED) is 0.728. The van der Waals surface area contributed by atoms with Crippen molar-refractivity contribution in [3.8, 4) is 0 Å². The normalized spacial score (nSPS) is 10.1. The molecule has 0 radical (unpaired) electrons. The van der Waals surface area contributed by atoms with Gasteiger partial charge in [0, 0.05) is 19.0 Å². The van der Waals surface area contributed by atoms with Crippen LogP contribution < -0.4 is 4.90 Å². The van der Waals surface area contributed by atoms with Crippen molar-refractivity contribution in [1.29, 1.82) is 0 Å². The number of nitrogens with zero attached hydrogens (tertiary/aromatic N) is 3. The maximum atomic E-state index is 5.67. The minimum atomic E-state index is 0.547. The van der Waals surface area contributed by atoms with Crippen molar-refractivity contribution in [2.24, 2.45) is 0 Å². The van der Waals surface area contributed by atoms with Crippen LogP contribution >= 0.6 is 23.2 Å². The molecule has 0 aliphatic rings. The fourth-order valence-corrected chi connectivity index (χ4v) is 1.27. The molecule has 72 valence electrons. The maximum Gasteiger partial charge on any atom is 0.225 e. The molecule has 1 rings (SSSR count). The van der Waals surface area contributed by atoms with E-state index in [2.05, 4.69) is 9.97 Å². The van der Waals surface area contributed by atoms with Gasteiger partial charge in [-0.3, -0.25) is 0 Å². The number of aromatic nitrogens is 2. The molecular weight excluding hydrogens is 209 g/mol. The van der Waals surface area contributed by atoms with Crippen LogP contribution in [0.2, 0.25) is 5.02 Å². The van der Waals surface area contributed by atoms with Crippen molar-refractivity contribution < 1.29 is 0 Å². The summed E-state index contributed by atoms with van der Waals surface area (Å²) in [5.41, 5.74) is 0. The molecule has 0 bridgehead atoms. The van der Waals surface area contributed by atoms with Crippen LogP contribution in [-0.4, -0.2) is 28.9 Å². The molecule has 0 atom stereocenters. The Morgan fingerprint density at radius 2 is 2.00 bits per heavy atom. The first-order valence-electron chi connectivity index (χ1n) is 4.06. The van der Waals surface area contributed by atoms with Crippen molar-refractivity contribution >= 4 is 29.2 Å². The average molecular weight is 220 g/mol. The molecule has 3 nitrogen and oxygen atoms in total. The molecule has 1 aromatic heterocycles.